The van der Waals surface area contributed by atoms with Gasteiger partial charge in [0.2, 0.25) is 0 Å². The molecule has 152 valence electrons. The highest BCUT2D eigenvalue weighted by atomic mass is 127. The standard InChI is InChI=1S/C23H26IN3OS/c24-22-13-16(14-25-23-26-19-6-2-4-8-21(19)29-23)11-12-27(22)15-18-10-9-17-5-1-3-7-20(17)28-18/h1-8,16,18,22H,9-15H2,(H,25,26). The summed E-state index contributed by atoms with van der Waals surface area (Å²) >= 11 is 4.38. The predicted molar refractivity (Wildman–Crippen MR) is 129 cm³/mol. The zero-order valence-corrected chi connectivity index (χ0v) is 19.4. The lowest BCUT2D eigenvalue weighted by Gasteiger charge is -2.39. The first kappa shape index (κ1) is 19.6. The second kappa shape index (κ2) is 8.78. The number of thiazole rings is 1. The van der Waals surface area contributed by atoms with Gasteiger partial charge in [-0.2, -0.15) is 0 Å². The van der Waals surface area contributed by atoms with Crippen molar-refractivity contribution in [2.45, 2.75) is 35.8 Å². The molecule has 1 saturated heterocycles. The van der Waals surface area contributed by atoms with Crippen LogP contribution in [0, 0.1) is 5.92 Å². The van der Waals surface area contributed by atoms with Gasteiger partial charge in [-0.1, -0.05) is 64.3 Å². The molecule has 0 saturated carbocycles. The van der Waals surface area contributed by atoms with Gasteiger partial charge in [0.05, 0.1) is 14.3 Å². The predicted octanol–water partition coefficient (Wildman–Crippen LogP) is 5.58. The number of halogens is 1. The largest absolute Gasteiger partial charge is 0.489 e. The smallest absolute Gasteiger partial charge is 0.183 e. The highest BCUT2D eigenvalue weighted by Crippen LogP contribution is 2.32. The maximum atomic E-state index is 6.28. The van der Waals surface area contributed by atoms with Crippen LogP contribution in [0.4, 0.5) is 5.13 Å². The number of piperidine rings is 1. The molecule has 3 atom stereocenters. The van der Waals surface area contributed by atoms with Gasteiger partial charge < -0.3 is 10.1 Å². The van der Waals surface area contributed by atoms with Crippen molar-refractivity contribution in [1.29, 1.82) is 0 Å². The van der Waals surface area contributed by atoms with Crippen LogP contribution in [0.2, 0.25) is 0 Å². The van der Waals surface area contributed by atoms with Crippen molar-refractivity contribution >= 4 is 49.3 Å². The highest BCUT2D eigenvalue weighted by Gasteiger charge is 2.30. The van der Waals surface area contributed by atoms with Crippen LogP contribution >= 0.6 is 33.9 Å². The third kappa shape index (κ3) is 4.54. The Labute approximate surface area is 189 Å². The van der Waals surface area contributed by atoms with Gasteiger partial charge in [-0.25, -0.2) is 4.98 Å². The van der Waals surface area contributed by atoms with E-state index in [1.807, 2.05) is 0 Å². The molecule has 3 unspecified atom stereocenters. The molecule has 1 aromatic heterocycles. The molecule has 0 aliphatic carbocycles. The number of alkyl halides is 1. The molecule has 3 aromatic rings. The minimum Gasteiger partial charge on any atom is -0.489 e. The van der Waals surface area contributed by atoms with Crippen LogP contribution in [0.25, 0.3) is 10.2 Å². The van der Waals surface area contributed by atoms with E-state index in [2.05, 4.69) is 81.3 Å². The summed E-state index contributed by atoms with van der Waals surface area (Å²) in [6.45, 7) is 3.21. The lowest BCUT2D eigenvalue weighted by Crippen LogP contribution is -2.46. The molecular formula is C23H26IN3OS. The van der Waals surface area contributed by atoms with Crippen LogP contribution in [-0.4, -0.2) is 39.7 Å². The first-order chi connectivity index (χ1) is 14.2. The number of rotatable bonds is 5. The van der Waals surface area contributed by atoms with Crippen LogP contribution < -0.4 is 10.1 Å². The Morgan fingerprint density at radius 1 is 1.14 bits per heavy atom. The summed E-state index contributed by atoms with van der Waals surface area (Å²) in [7, 11) is 0. The minimum absolute atomic E-state index is 0.319. The van der Waals surface area contributed by atoms with Crippen LogP contribution in [0.1, 0.15) is 24.8 Å². The van der Waals surface area contributed by atoms with E-state index in [0.717, 1.165) is 48.9 Å². The summed E-state index contributed by atoms with van der Waals surface area (Å²) in [6, 6.07) is 16.8. The molecule has 29 heavy (non-hydrogen) atoms. The monoisotopic (exact) mass is 519 g/mol. The summed E-state index contributed by atoms with van der Waals surface area (Å²) < 4.78 is 8.11. The van der Waals surface area contributed by atoms with Crippen molar-refractivity contribution in [3.05, 3.63) is 54.1 Å². The molecular weight excluding hydrogens is 493 g/mol. The zero-order valence-electron chi connectivity index (χ0n) is 16.4. The lowest BCUT2D eigenvalue weighted by molar-refractivity contribution is 0.0875. The van der Waals surface area contributed by atoms with Crippen LogP contribution in [-0.2, 0) is 6.42 Å². The Morgan fingerprint density at radius 3 is 2.90 bits per heavy atom. The van der Waals surface area contributed by atoms with Gasteiger partial charge in [0.1, 0.15) is 11.9 Å². The second-order valence-corrected chi connectivity index (χ2v) is 10.5. The fraction of sp³-hybridized carbons (Fsp3) is 0.435. The van der Waals surface area contributed by atoms with Gasteiger partial charge in [0, 0.05) is 13.1 Å². The number of hydrogen-bond acceptors (Lipinski definition) is 5. The number of anilines is 1. The molecule has 2 aliphatic rings. The second-order valence-electron chi connectivity index (χ2n) is 8.07. The maximum Gasteiger partial charge on any atom is 0.183 e. The van der Waals surface area contributed by atoms with Gasteiger partial charge in [0.15, 0.2) is 5.13 Å². The molecule has 6 heteroatoms. The van der Waals surface area contributed by atoms with Crippen molar-refractivity contribution < 1.29 is 4.74 Å². The highest BCUT2D eigenvalue weighted by molar-refractivity contribution is 14.1. The molecule has 0 spiro atoms. The number of ether oxygens (including phenoxy) is 1. The Bertz CT molecular complexity index is 944. The SMILES string of the molecule is IC1CC(CNc2nc3ccccc3s2)CCN1CC1CCc2ccccc2O1. The molecule has 0 radical (unpaired) electrons. The molecule has 0 bridgehead atoms. The molecule has 2 aromatic carbocycles. The number of nitrogens with zero attached hydrogens (tertiary/aromatic N) is 2. The number of fused-ring (bicyclic) bond motifs is 2. The third-order valence-corrected chi connectivity index (χ3v) is 8.31. The van der Waals surface area contributed by atoms with E-state index in [1.165, 1.54) is 23.1 Å². The Morgan fingerprint density at radius 2 is 2.00 bits per heavy atom. The Hall–Kier alpha value is -1.38. The van der Waals surface area contributed by atoms with E-state index in [9.17, 15) is 0 Å². The molecule has 5 rings (SSSR count). The van der Waals surface area contributed by atoms with E-state index in [-0.39, 0.29) is 0 Å². The average Bonchev–Trinajstić information content (AvgIpc) is 3.17. The third-order valence-electron chi connectivity index (χ3n) is 6.02. The fourth-order valence-corrected chi connectivity index (χ4v) is 6.47. The van der Waals surface area contributed by atoms with Crippen LogP contribution in [0.3, 0.4) is 0 Å². The first-order valence-electron chi connectivity index (χ1n) is 10.5. The number of nitrogens with one attached hydrogen (secondary N) is 1. The molecule has 1 N–H and O–H groups in total. The molecule has 3 heterocycles. The van der Waals surface area contributed by atoms with Crippen LogP contribution in [0.15, 0.2) is 48.5 Å². The van der Waals surface area contributed by atoms with Crippen molar-refractivity contribution in [2.24, 2.45) is 5.92 Å². The summed E-state index contributed by atoms with van der Waals surface area (Å²) in [5.74, 6) is 1.79. The topological polar surface area (TPSA) is 37.4 Å². The number of benzene rings is 2. The number of likely N-dealkylation sites (tertiary alicyclic amines) is 1. The summed E-state index contributed by atoms with van der Waals surface area (Å²) in [5.41, 5.74) is 2.45. The Balaban J connectivity index is 1.12. The van der Waals surface area contributed by atoms with Crippen molar-refractivity contribution in [3.63, 3.8) is 0 Å². The zero-order chi connectivity index (χ0) is 19.6. The first-order valence-corrected chi connectivity index (χ1v) is 12.5. The summed E-state index contributed by atoms with van der Waals surface area (Å²) in [4.78, 5) is 7.32. The molecule has 0 amide bonds. The normalized spacial score (nSPS) is 24.8. The quantitative estimate of drug-likeness (QED) is 0.272. The van der Waals surface area contributed by atoms with Crippen molar-refractivity contribution in [2.75, 3.05) is 25.0 Å². The summed E-state index contributed by atoms with van der Waals surface area (Å²) in [6.07, 6.45) is 5.04. The van der Waals surface area contributed by atoms with Crippen LogP contribution in [0.5, 0.6) is 5.75 Å². The molecule has 2 aliphatic heterocycles. The van der Waals surface area contributed by atoms with E-state index in [4.69, 9.17) is 9.72 Å². The number of aromatic nitrogens is 1. The fourth-order valence-electron chi connectivity index (χ4n) is 4.37. The maximum absolute atomic E-state index is 6.28. The number of aryl methyl sites for hydroxylation is 1. The van der Waals surface area contributed by atoms with Crippen molar-refractivity contribution in [3.8, 4) is 5.75 Å². The van der Waals surface area contributed by atoms with Gasteiger partial charge in [0.25, 0.3) is 0 Å². The van der Waals surface area contributed by atoms with E-state index >= 15 is 0 Å². The van der Waals surface area contributed by atoms with E-state index in [1.54, 1.807) is 11.3 Å². The number of para-hydroxylation sites is 2. The number of hydrogen-bond donors (Lipinski definition) is 1. The average molecular weight is 519 g/mol. The molecule has 4 nitrogen and oxygen atoms in total. The van der Waals surface area contributed by atoms with Gasteiger partial charge in [-0.05, 0) is 61.9 Å². The van der Waals surface area contributed by atoms with E-state index < -0.39 is 0 Å². The van der Waals surface area contributed by atoms with E-state index in [0.29, 0.717) is 16.1 Å². The van der Waals surface area contributed by atoms with Gasteiger partial charge >= 0.3 is 0 Å². The Kier molecular flexibility index (Phi) is 5.92. The van der Waals surface area contributed by atoms with Gasteiger partial charge in [-0.15, -0.1) is 0 Å². The molecule has 1 fully saturated rings. The lowest BCUT2D eigenvalue weighted by atomic mass is 9.95. The minimum atomic E-state index is 0.319. The summed E-state index contributed by atoms with van der Waals surface area (Å²) in [5, 5.41) is 4.64. The van der Waals surface area contributed by atoms with Crippen molar-refractivity contribution in [1.82, 2.24) is 9.88 Å². The van der Waals surface area contributed by atoms with Gasteiger partial charge in [-0.3, -0.25) is 4.90 Å².